The smallest absolute Gasteiger partial charge is 0.218 e. The summed E-state index contributed by atoms with van der Waals surface area (Å²) in [5, 5.41) is 0. The lowest BCUT2D eigenvalue weighted by Crippen LogP contribution is -2.44. The Morgan fingerprint density at radius 1 is 1.50 bits per heavy atom. The van der Waals surface area contributed by atoms with Crippen LogP contribution in [0.15, 0.2) is 24.3 Å². The van der Waals surface area contributed by atoms with Crippen molar-refractivity contribution >= 4 is 27.5 Å². The maximum Gasteiger partial charge on any atom is 0.218 e. The number of hydrogen-bond donors (Lipinski definition) is 1. The van der Waals surface area contributed by atoms with Gasteiger partial charge in [0.05, 0.1) is 5.75 Å². The molecule has 100 valence electrons. The Labute approximate surface area is 113 Å². The highest BCUT2D eigenvalue weighted by molar-refractivity contribution is 7.99. The van der Waals surface area contributed by atoms with Crippen molar-refractivity contribution in [1.82, 2.24) is 4.31 Å². The van der Waals surface area contributed by atoms with Gasteiger partial charge in [-0.2, -0.15) is 16.1 Å². The van der Waals surface area contributed by atoms with Crippen LogP contribution >= 0.6 is 11.8 Å². The van der Waals surface area contributed by atoms with Crippen LogP contribution in [0, 0.1) is 0 Å². The molecule has 1 saturated heterocycles. The van der Waals surface area contributed by atoms with Gasteiger partial charge in [-0.1, -0.05) is 12.1 Å². The highest BCUT2D eigenvalue weighted by Gasteiger charge is 2.29. The van der Waals surface area contributed by atoms with E-state index in [0.29, 0.717) is 12.2 Å². The van der Waals surface area contributed by atoms with Gasteiger partial charge >= 0.3 is 0 Å². The molecule has 1 atom stereocenters. The first-order chi connectivity index (χ1) is 8.49. The number of thioether (sulfide) groups is 1. The van der Waals surface area contributed by atoms with E-state index in [0.717, 1.165) is 17.1 Å². The lowest BCUT2D eigenvalue weighted by molar-refractivity contribution is 0.367. The molecule has 0 bridgehead atoms. The van der Waals surface area contributed by atoms with Gasteiger partial charge in [0.1, 0.15) is 0 Å². The summed E-state index contributed by atoms with van der Waals surface area (Å²) in [5.74, 6) is 1.78. The minimum atomic E-state index is -3.24. The lowest BCUT2D eigenvalue weighted by Gasteiger charge is -2.32. The highest BCUT2D eigenvalue weighted by Crippen LogP contribution is 2.22. The van der Waals surface area contributed by atoms with Crippen molar-refractivity contribution in [3.63, 3.8) is 0 Å². The van der Waals surface area contributed by atoms with Crippen molar-refractivity contribution in [2.75, 3.05) is 23.8 Å². The second-order valence-electron chi connectivity index (χ2n) is 4.54. The zero-order valence-electron chi connectivity index (χ0n) is 10.4. The van der Waals surface area contributed by atoms with Gasteiger partial charge in [0.15, 0.2) is 0 Å². The average molecular weight is 286 g/mol. The van der Waals surface area contributed by atoms with Crippen molar-refractivity contribution in [2.45, 2.75) is 18.7 Å². The zero-order valence-corrected chi connectivity index (χ0v) is 12.0. The predicted octanol–water partition coefficient (Wildman–Crippen LogP) is 1.54. The number of nitrogens with zero attached hydrogens (tertiary/aromatic N) is 1. The van der Waals surface area contributed by atoms with Crippen LogP contribution < -0.4 is 5.73 Å². The van der Waals surface area contributed by atoms with E-state index in [9.17, 15) is 8.42 Å². The Balaban J connectivity index is 2.16. The molecule has 1 aliphatic heterocycles. The molecule has 1 aromatic rings. The van der Waals surface area contributed by atoms with Crippen molar-refractivity contribution in [3.05, 3.63) is 29.8 Å². The fourth-order valence-corrected chi connectivity index (χ4v) is 5.08. The van der Waals surface area contributed by atoms with Crippen LogP contribution in [0.1, 0.15) is 12.5 Å². The Morgan fingerprint density at radius 3 is 2.94 bits per heavy atom. The summed E-state index contributed by atoms with van der Waals surface area (Å²) >= 11 is 1.81. The van der Waals surface area contributed by atoms with Crippen molar-refractivity contribution < 1.29 is 8.42 Å². The average Bonchev–Trinajstić information content (AvgIpc) is 2.28. The van der Waals surface area contributed by atoms with Gasteiger partial charge in [0, 0.05) is 29.8 Å². The first kappa shape index (κ1) is 13.7. The third kappa shape index (κ3) is 3.18. The first-order valence-corrected chi connectivity index (χ1v) is 8.67. The van der Waals surface area contributed by atoms with Gasteiger partial charge in [0.25, 0.3) is 0 Å². The standard InChI is InChI=1S/C12H18N2O2S2/c1-10-8-17-6-5-14(10)18(15,16)9-11-3-2-4-12(13)7-11/h2-4,7,10H,5-6,8-9,13H2,1H3. The molecule has 18 heavy (non-hydrogen) atoms. The molecule has 0 aromatic heterocycles. The summed E-state index contributed by atoms with van der Waals surface area (Å²) in [4.78, 5) is 0. The Hall–Kier alpha value is -0.720. The van der Waals surface area contributed by atoms with E-state index >= 15 is 0 Å². The van der Waals surface area contributed by atoms with Crippen LogP contribution in [0.2, 0.25) is 0 Å². The molecule has 1 heterocycles. The van der Waals surface area contributed by atoms with E-state index in [4.69, 9.17) is 5.73 Å². The summed E-state index contributed by atoms with van der Waals surface area (Å²) < 4.78 is 26.3. The number of sulfonamides is 1. The van der Waals surface area contributed by atoms with E-state index in [1.54, 1.807) is 40.3 Å². The maximum absolute atomic E-state index is 12.4. The molecule has 6 heteroatoms. The van der Waals surface area contributed by atoms with Gasteiger partial charge in [-0.05, 0) is 24.6 Å². The predicted molar refractivity (Wildman–Crippen MR) is 77.0 cm³/mol. The first-order valence-electron chi connectivity index (χ1n) is 5.91. The Bertz CT molecular complexity index is 517. The van der Waals surface area contributed by atoms with Crippen LogP contribution in [-0.4, -0.2) is 36.8 Å². The van der Waals surface area contributed by atoms with Gasteiger partial charge in [-0.25, -0.2) is 8.42 Å². The Morgan fingerprint density at radius 2 is 2.28 bits per heavy atom. The normalized spacial score (nSPS) is 21.9. The molecule has 0 aliphatic carbocycles. The maximum atomic E-state index is 12.4. The number of anilines is 1. The second kappa shape index (κ2) is 5.50. The topological polar surface area (TPSA) is 63.4 Å². The molecule has 0 spiro atoms. The number of rotatable bonds is 3. The minimum Gasteiger partial charge on any atom is -0.399 e. The van der Waals surface area contributed by atoms with E-state index in [2.05, 4.69) is 0 Å². The van der Waals surface area contributed by atoms with Crippen molar-refractivity contribution in [2.24, 2.45) is 0 Å². The molecule has 2 N–H and O–H groups in total. The number of hydrogen-bond acceptors (Lipinski definition) is 4. The highest BCUT2D eigenvalue weighted by atomic mass is 32.2. The van der Waals surface area contributed by atoms with E-state index < -0.39 is 10.0 Å². The molecular formula is C12H18N2O2S2. The molecule has 4 nitrogen and oxygen atoms in total. The summed E-state index contributed by atoms with van der Waals surface area (Å²) in [6.45, 7) is 2.57. The van der Waals surface area contributed by atoms with Crippen LogP contribution in [0.4, 0.5) is 5.69 Å². The summed E-state index contributed by atoms with van der Waals surface area (Å²) in [5.41, 5.74) is 7.02. The van der Waals surface area contributed by atoms with E-state index in [-0.39, 0.29) is 11.8 Å². The molecule has 1 aromatic carbocycles. The SMILES string of the molecule is CC1CSCCN1S(=O)(=O)Cc1cccc(N)c1. The summed E-state index contributed by atoms with van der Waals surface area (Å²) in [6.07, 6.45) is 0. The fraction of sp³-hybridized carbons (Fsp3) is 0.500. The van der Waals surface area contributed by atoms with Crippen LogP contribution in [0.5, 0.6) is 0 Å². The summed E-state index contributed by atoms with van der Waals surface area (Å²) in [6, 6.07) is 7.15. The zero-order chi connectivity index (χ0) is 13.2. The molecule has 1 unspecified atom stereocenters. The largest absolute Gasteiger partial charge is 0.399 e. The minimum absolute atomic E-state index is 0.0348. The number of nitrogens with two attached hydrogens (primary N) is 1. The third-order valence-corrected chi connectivity index (χ3v) is 6.11. The van der Waals surface area contributed by atoms with Crippen LogP contribution in [0.25, 0.3) is 0 Å². The van der Waals surface area contributed by atoms with Gasteiger partial charge in [-0.15, -0.1) is 0 Å². The summed E-state index contributed by atoms with van der Waals surface area (Å²) in [7, 11) is -3.24. The van der Waals surface area contributed by atoms with Crippen molar-refractivity contribution in [1.29, 1.82) is 0 Å². The number of benzene rings is 1. The van der Waals surface area contributed by atoms with Gasteiger partial charge in [0.2, 0.25) is 10.0 Å². The van der Waals surface area contributed by atoms with Crippen LogP contribution in [-0.2, 0) is 15.8 Å². The molecule has 2 rings (SSSR count). The molecule has 0 amide bonds. The van der Waals surface area contributed by atoms with Gasteiger partial charge < -0.3 is 5.73 Å². The second-order valence-corrected chi connectivity index (χ2v) is 7.61. The monoisotopic (exact) mass is 286 g/mol. The fourth-order valence-electron chi connectivity index (χ4n) is 2.10. The number of nitrogen functional groups attached to an aromatic ring is 1. The molecule has 0 radical (unpaired) electrons. The lowest BCUT2D eigenvalue weighted by atomic mass is 10.2. The third-order valence-electron chi connectivity index (χ3n) is 2.96. The quantitative estimate of drug-likeness (QED) is 0.856. The van der Waals surface area contributed by atoms with E-state index in [1.807, 2.05) is 6.92 Å². The molecule has 1 aliphatic rings. The Kier molecular flexibility index (Phi) is 4.19. The van der Waals surface area contributed by atoms with Crippen molar-refractivity contribution in [3.8, 4) is 0 Å². The van der Waals surface area contributed by atoms with E-state index in [1.165, 1.54) is 0 Å². The molecule has 1 fully saturated rings. The van der Waals surface area contributed by atoms with Crippen LogP contribution in [0.3, 0.4) is 0 Å². The molecular weight excluding hydrogens is 268 g/mol. The van der Waals surface area contributed by atoms with Gasteiger partial charge in [-0.3, -0.25) is 0 Å². The molecule has 0 saturated carbocycles.